The molecule has 0 saturated carbocycles. The molecule has 0 unspecified atom stereocenters. The molecule has 0 spiro atoms. The lowest BCUT2D eigenvalue weighted by Gasteiger charge is -2.22. The smallest absolute Gasteiger partial charge is 0.212 e. The molecule has 2 rings (SSSR count). The first-order valence-electron chi connectivity index (χ1n) is 8.39. The number of likely N-dealkylation sites (N-methyl/N-ethyl adjacent to an activating group) is 1. The molecule has 6 nitrogen and oxygen atoms in total. The lowest BCUT2D eigenvalue weighted by atomic mass is 10.3. The summed E-state index contributed by atoms with van der Waals surface area (Å²) in [4.78, 5) is 10.9. The number of ether oxygens (including phenoxy) is 2. The van der Waals surface area contributed by atoms with Crippen LogP contribution in [0.1, 0.15) is 12.5 Å². The number of aliphatic imine (C=N–C) groups is 1. The van der Waals surface area contributed by atoms with Crippen molar-refractivity contribution in [1.82, 2.24) is 15.2 Å². The standard InChI is InChI=1S/C19H26N4O2/c1-4-20-19(22-15-16-10-11-18(24-3)21-14-16)23(2)12-13-25-17-8-6-5-7-9-17/h5-11,14H,4,12-13,15H2,1-3H3,(H,20,22). The number of hydrogen-bond acceptors (Lipinski definition) is 4. The number of hydrogen-bond donors (Lipinski definition) is 1. The van der Waals surface area contributed by atoms with Gasteiger partial charge in [-0.2, -0.15) is 0 Å². The number of nitrogens with one attached hydrogen (secondary N) is 1. The van der Waals surface area contributed by atoms with Gasteiger partial charge in [0.1, 0.15) is 12.4 Å². The van der Waals surface area contributed by atoms with E-state index in [2.05, 4.69) is 27.1 Å². The van der Waals surface area contributed by atoms with E-state index >= 15 is 0 Å². The molecule has 0 amide bonds. The van der Waals surface area contributed by atoms with E-state index in [9.17, 15) is 0 Å². The van der Waals surface area contributed by atoms with E-state index in [0.717, 1.165) is 30.4 Å². The molecular weight excluding hydrogens is 316 g/mol. The highest BCUT2D eigenvalue weighted by Crippen LogP contribution is 2.09. The van der Waals surface area contributed by atoms with E-state index in [1.165, 1.54) is 0 Å². The van der Waals surface area contributed by atoms with Crippen molar-refractivity contribution < 1.29 is 9.47 Å². The summed E-state index contributed by atoms with van der Waals surface area (Å²) in [5, 5.41) is 3.30. The fourth-order valence-corrected chi connectivity index (χ4v) is 2.18. The molecule has 0 bridgehead atoms. The van der Waals surface area contributed by atoms with Crippen LogP contribution in [0.2, 0.25) is 0 Å². The maximum Gasteiger partial charge on any atom is 0.212 e. The van der Waals surface area contributed by atoms with Gasteiger partial charge < -0.3 is 19.7 Å². The van der Waals surface area contributed by atoms with Crippen molar-refractivity contribution in [2.24, 2.45) is 4.99 Å². The summed E-state index contributed by atoms with van der Waals surface area (Å²) in [6.07, 6.45) is 1.78. The first kappa shape index (κ1) is 18.6. The molecule has 0 aliphatic heterocycles. The van der Waals surface area contributed by atoms with Gasteiger partial charge >= 0.3 is 0 Å². The van der Waals surface area contributed by atoms with Crippen molar-refractivity contribution in [2.45, 2.75) is 13.5 Å². The maximum absolute atomic E-state index is 5.74. The van der Waals surface area contributed by atoms with E-state index in [1.807, 2.05) is 49.5 Å². The zero-order valence-electron chi connectivity index (χ0n) is 15.1. The fraction of sp³-hybridized carbons (Fsp3) is 0.368. The highest BCUT2D eigenvalue weighted by molar-refractivity contribution is 5.79. The zero-order chi connectivity index (χ0) is 17.9. The van der Waals surface area contributed by atoms with Gasteiger partial charge in [0.25, 0.3) is 0 Å². The average molecular weight is 342 g/mol. The van der Waals surface area contributed by atoms with Gasteiger partial charge in [0.15, 0.2) is 5.96 Å². The summed E-state index contributed by atoms with van der Waals surface area (Å²) >= 11 is 0. The van der Waals surface area contributed by atoms with Crippen molar-refractivity contribution in [3.63, 3.8) is 0 Å². The Labute approximate surface area is 149 Å². The van der Waals surface area contributed by atoms with Crippen LogP contribution in [0.3, 0.4) is 0 Å². The Morgan fingerprint density at radius 2 is 2.00 bits per heavy atom. The molecule has 25 heavy (non-hydrogen) atoms. The summed E-state index contributed by atoms with van der Waals surface area (Å²) in [6.45, 7) is 4.75. The van der Waals surface area contributed by atoms with Crippen LogP contribution in [0.5, 0.6) is 11.6 Å². The van der Waals surface area contributed by atoms with E-state index in [4.69, 9.17) is 9.47 Å². The van der Waals surface area contributed by atoms with Gasteiger partial charge in [-0.15, -0.1) is 0 Å². The van der Waals surface area contributed by atoms with Crippen molar-refractivity contribution in [3.8, 4) is 11.6 Å². The van der Waals surface area contributed by atoms with Crippen LogP contribution < -0.4 is 14.8 Å². The number of guanidine groups is 1. The minimum atomic E-state index is 0.559. The first-order chi connectivity index (χ1) is 12.2. The Hall–Kier alpha value is -2.76. The molecule has 6 heteroatoms. The van der Waals surface area contributed by atoms with Crippen molar-refractivity contribution in [2.75, 3.05) is 33.9 Å². The molecular formula is C19H26N4O2. The lowest BCUT2D eigenvalue weighted by Crippen LogP contribution is -2.40. The van der Waals surface area contributed by atoms with E-state index in [1.54, 1.807) is 13.3 Å². The highest BCUT2D eigenvalue weighted by Gasteiger charge is 2.06. The van der Waals surface area contributed by atoms with Gasteiger partial charge in [0.2, 0.25) is 5.88 Å². The monoisotopic (exact) mass is 342 g/mol. The predicted octanol–water partition coefficient (Wildman–Crippen LogP) is 2.57. The lowest BCUT2D eigenvalue weighted by molar-refractivity contribution is 0.281. The number of methoxy groups -OCH3 is 1. The molecule has 1 heterocycles. The van der Waals surface area contributed by atoms with E-state index in [-0.39, 0.29) is 0 Å². The SMILES string of the molecule is CCNC(=NCc1ccc(OC)nc1)N(C)CCOc1ccccc1. The van der Waals surface area contributed by atoms with Crippen LogP contribution in [-0.2, 0) is 6.54 Å². The van der Waals surface area contributed by atoms with Crippen molar-refractivity contribution in [1.29, 1.82) is 0 Å². The molecule has 1 aromatic carbocycles. The minimum Gasteiger partial charge on any atom is -0.492 e. The molecule has 0 aliphatic rings. The molecule has 1 N–H and O–H groups in total. The first-order valence-corrected chi connectivity index (χ1v) is 8.39. The van der Waals surface area contributed by atoms with Crippen LogP contribution in [0, 0.1) is 0 Å². The number of benzene rings is 1. The molecule has 134 valence electrons. The zero-order valence-corrected chi connectivity index (χ0v) is 15.1. The Bertz CT molecular complexity index is 644. The third kappa shape index (κ3) is 6.33. The maximum atomic E-state index is 5.74. The third-order valence-electron chi connectivity index (χ3n) is 3.55. The number of nitrogens with zero attached hydrogens (tertiary/aromatic N) is 3. The van der Waals surface area contributed by atoms with Crippen LogP contribution in [0.4, 0.5) is 0 Å². The second-order valence-electron chi connectivity index (χ2n) is 5.46. The Morgan fingerprint density at radius 1 is 1.20 bits per heavy atom. The third-order valence-corrected chi connectivity index (χ3v) is 3.55. The van der Waals surface area contributed by atoms with Gasteiger partial charge in [0.05, 0.1) is 20.2 Å². The molecule has 0 fully saturated rings. The predicted molar refractivity (Wildman–Crippen MR) is 100 cm³/mol. The van der Waals surface area contributed by atoms with Gasteiger partial charge in [-0.25, -0.2) is 9.98 Å². The Kier molecular flexibility index (Phi) is 7.56. The number of para-hydroxylation sites is 1. The summed E-state index contributed by atoms with van der Waals surface area (Å²) in [5.74, 6) is 2.33. The largest absolute Gasteiger partial charge is 0.492 e. The average Bonchev–Trinajstić information content (AvgIpc) is 2.66. The van der Waals surface area contributed by atoms with E-state index < -0.39 is 0 Å². The summed E-state index contributed by atoms with van der Waals surface area (Å²) in [7, 11) is 3.61. The molecule has 0 radical (unpaired) electrons. The number of pyridine rings is 1. The van der Waals surface area contributed by atoms with Gasteiger partial charge in [-0.05, 0) is 24.6 Å². The van der Waals surface area contributed by atoms with E-state index in [0.29, 0.717) is 19.0 Å². The molecule has 0 saturated heterocycles. The van der Waals surface area contributed by atoms with Crippen LogP contribution in [0.15, 0.2) is 53.7 Å². The highest BCUT2D eigenvalue weighted by atomic mass is 16.5. The normalized spacial score (nSPS) is 11.1. The Morgan fingerprint density at radius 3 is 2.64 bits per heavy atom. The topological polar surface area (TPSA) is 59.0 Å². The van der Waals surface area contributed by atoms with Gasteiger partial charge in [-0.3, -0.25) is 0 Å². The summed E-state index contributed by atoms with van der Waals surface area (Å²) in [5.41, 5.74) is 1.03. The van der Waals surface area contributed by atoms with Crippen molar-refractivity contribution in [3.05, 3.63) is 54.2 Å². The molecule has 2 aromatic rings. The quantitative estimate of drug-likeness (QED) is 0.590. The molecule has 0 atom stereocenters. The summed E-state index contributed by atoms with van der Waals surface area (Å²) < 4.78 is 10.8. The van der Waals surface area contributed by atoms with Gasteiger partial charge in [0, 0.05) is 25.9 Å². The van der Waals surface area contributed by atoms with Crippen LogP contribution in [-0.4, -0.2) is 49.7 Å². The Balaban J connectivity index is 1.88. The number of rotatable bonds is 8. The summed E-state index contributed by atoms with van der Waals surface area (Å²) in [6, 6.07) is 13.6. The van der Waals surface area contributed by atoms with Crippen molar-refractivity contribution >= 4 is 5.96 Å². The second kappa shape index (κ2) is 10.2. The molecule has 0 aliphatic carbocycles. The van der Waals surface area contributed by atoms with Crippen LogP contribution >= 0.6 is 0 Å². The van der Waals surface area contributed by atoms with Crippen LogP contribution in [0.25, 0.3) is 0 Å². The van der Waals surface area contributed by atoms with Gasteiger partial charge in [-0.1, -0.05) is 24.3 Å². The second-order valence-corrected chi connectivity index (χ2v) is 5.46. The molecule has 1 aromatic heterocycles. The fourth-order valence-electron chi connectivity index (χ4n) is 2.18. The number of aromatic nitrogens is 1. The minimum absolute atomic E-state index is 0.559.